The number of carbonyl (C=O) groups is 1. The first-order chi connectivity index (χ1) is 8.37. The third kappa shape index (κ3) is 3.11. The summed E-state index contributed by atoms with van der Waals surface area (Å²) in [4.78, 5) is 11.9. The van der Waals surface area contributed by atoms with Crippen LogP contribution in [0.25, 0.3) is 0 Å². The number of carbonyl (C=O) groups excluding carboxylic acids is 1. The molecule has 1 aromatic carbocycles. The van der Waals surface area contributed by atoms with E-state index in [0.717, 1.165) is 10.0 Å². The Morgan fingerprint density at radius 3 is 2.78 bits per heavy atom. The van der Waals surface area contributed by atoms with Crippen molar-refractivity contribution in [3.8, 4) is 0 Å². The van der Waals surface area contributed by atoms with Gasteiger partial charge in [0.25, 0.3) is 0 Å². The van der Waals surface area contributed by atoms with Crippen molar-refractivity contribution in [3.63, 3.8) is 0 Å². The SMILES string of the molecule is Cc1ccc(Br)cc1C(=O)O[C@@H]1CCS(=O)(=O)C1. The Morgan fingerprint density at radius 2 is 2.17 bits per heavy atom. The highest BCUT2D eigenvalue weighted by Gasteiger charge is 2.31. The molecule has 0 amide bonds. The van der Waals surface area contributed by atoms with Crippen LogP contribution in [0.5, 0.6) is 0 Å². The molecule has 2 rings (SSSR count). The molecule has 1 aliphatic rings. The minimum atomic E-state index is -3.03. The number of halogens is 1. The summed E-state index contributed by atoms with van der Waals surface area (Å²) in [5.41, 5.74) is 1.28. The standard InChI is InChI=1S/C12H13BrO4S/c1-8-2-3-9(13)6-11(8)12(14)17-10-4-5-18(15,16)7-10/h2-3,6,10H,4-5,7H2,1H3/t10-/m1/s1. The number of aryl methyl sites for hydroxylation is 1. The Morgan fingerprint density at radius 1 is 1.44 bits per heavy atom. The summed E-state index contributed by atoms with van der Waals surface area (Å²) in [6, 6.07) is 5.33. The number of rotatable bonds is 2. The molecule has 6 heteroatoms. The zero-order valence-electron chi connectivity index (χ0n) is 9.85. The number of ether oxygens (including phenoxy) is 1. The van der Waals surface area contributed by atoms with Gasteiger partial charge in [0.1, 0.15) is 6.10 Å². The fourth-order valence-corrected chi connectivity index (χ4v) is 3.83. The van der Waals surface area contributed by atoms with Gasteiger partial charge in [0.15, 0.2) is 9.84 Å². The highest BCUT2D eigenvalue weighted by molar-refractivity contribution is 9.10. The maximum absolute atomic E-state index is 11.9. The second-order valence-electron chi connectivity index (χ2n) is 4.39. The molecule has 1 heterocycles. The third-order valence-corrected chi connectivity index (χ3v) is 5.11. The molecule has 1 fully saturated rings. The number of esters is 1. The van der Waals surface area contributed by atoms with Gasteiger partial charge < -0.3 is 4.74 Å². The zero-order valence-corrected chi connectivity index (χ0v) is 12.3. The van der Waals surface area contributed by atoms with E-state index in [0.29, 0.717) is 12.0 Å². The smallest absolute Gasteiger partial charge is 0.338 e. The third-order valence-electron chi connectivity index (χ3n) is 2.88. The van der Waals surface area contributed by atoms with E-state index in [1.165, 1.54) is 0 Å². The molecule has 18 heavy (non-hydrogen) atoms. The quantitative estimate of drug-likeness (QED) is 0.778. The Labute approximate surface area is 114 Å². The maximum atomic E-state index is 11.9. The highest BCUT2D eigenvalue weighted by Crippen LogP contribution is 2.20. The van der Waals surface area contributed by atoms with Crippen LogP contribution in [0.15, 0.2) is 22.7 Å². The first kappa shape index (κ1) is 13.5. The summed E-state index contributed by atoms with van der Waals surface area (Å²) in [5.74, 6) is -0.426. The van der Waals surface area contributed by atoms with Gasteiger partial charge in [-0.1, -0.05) is 22.0 Å². The molecule has 0 aromatic heterocycles. The molecule has 1 aromatic rings. The molecule has 98 valence electrons. The van der Waals surface area contributed by atoms with Gasteiger partial charge in [-0.2, -0.15) is 0 Å². The van der Waals surface area contributed by atoms with E-state index in [-0.39, 0.29) is 11.5 Å². The van der Waals surface area contributed by atoms with Crippen LogP contribution in [0, 0.1) is 6.92 Å². The molecule has 0 radical (unpaired) electrons. The number of sulfone groups is 1. The topological polar surface area (TPSA) is 60.4 Å². The number of benzene rings is 1. The van der Waals surface area contributed by atoms with Crippen molar-refractivity contribution < 1.29 is 17.9 Å². The average Bonchev–Trinajstić information content (AvgIpc) is 2.61. The summed E-state index contributed by atoms with van der Waals surface area (Å²) < 4.78 is 28.6. The van der Waals surface area contributed by atoms with E-state index in [2.05, 4.69) is 15.9 Å². The van der Waals surface area contributed by atoms with Crippen molar-refractivity contribution in [2.45, 2.75) is 19.4 Å². The molecule has 0 aliphatic carbocycles. The largest absolute Gasteiger partial charge is 0.458 e. The average molecular weight is 333 g/mol. The second-order valence-corrected chi connectivity index (χ2v) is 7.53. The van der Waals surface area contributed by atoms with E-state index in [4.69, 9.17) is 4.74 Å². The first-order valence-corrected chi connectivity index (χ1v) is 8.16. The minimum absolute atomic E-state index is 0.0637. The Bertz CT molecular complexity index is 580. The molecule has 0 unspecified atom stereocenters. The first-order valence-electron chi connectivity index (χ1n) is 5.55. The van der Waals surface area contributed by atoms with Crippen molar-refractivity contribution >= 4 is 31.7 Å². The van der Waals surface area contributed by atoms with Crippen molar-refractivity contribution in [3.05, 3.63) is 33.8 Å². The lowest BCUT2D eigenvalue weighted by Gasteiger charge is -2.11. The number of hydrogen-bond acceptors (Lipinski definition) is 4. The Hall–Kier alpha value is -0.880. The molecule has 0 N–H and O–H groups in total. The molecule has 1 aliphatic heterocycles. The van der Waals surface area contributed by atoms with Crippen LogP contribution >= 0.6 is 15.9 Å². The molecule has 0 spiro atoms. The van der Waals surface area contributed by atoms with Crippen molar-refractivity contribution in [2.24, 2.45) is 0 Å². The minimum Gasteiger partial charge on any atom is -0.458 e. The van der Waals surface area contributed by atoms with Crippen molar-refractivity contribution in [1.29, 1.82) is 0 Å². The van der Waals surface area contributed by atoms with Crippen LogP contribution in [0.2, 0.25) is 0 Å². The van der Waals surface area contributed by atoms with Gasteiger partial charge in [0.2, 0.25) is 0 Å². The lowest BCUT2D eigenvalue weighted by Crippen LogP contribution is -2.20. The molecule has 1 atom stereocenters. The van der Waals surface area contributed by atoms with E-state index >= 15 is 0 Å². The Kier molecular flexibility index (Phi) is 3.77. The van der Waals surface area contributed by atoms with Gasteiger partial charge in [-0.15, -0.1) is 0 Å². The number of hydrogen-bond donors (Lipinski definition) is 0. The summed E-state index contributed by atoms with van der Waals surface area (Å²) >= 11 is 3.29. The molecule has 1 saturated heterocycles. The van der Waals surface area contributed by atoms with Gasteiger partial charge in [-0.25, -0.2) is 13.2 Å². The van der Waals surface area contributed by atoms with Crippen molar-refractivity contribution in [1.82, 2.24) is 0 Å². The summed E-state index contributed by atoms with van der Waals surface area (Å²) in [6.45, 7) is 1.81. The lowest BCUT2D eigenvalue weighted by atomic mass is 10.1. The van der Waals surface area contributed by atoms with Gasteiger partial charge in [-0.3, -0.25) is 0 Å². The van der Waals surface area contributed by atoms with E-state index in [9.17, 15) is 13.2 Å². The summed E-state index contributed by atoms with van der Waals surface area (Å²) in [5, 5.41) is 0. The van der Waals surface area contributed by atoms with Crippen LogP contribution in [0.3, 0.4) is 0 Å². The van der Waals surface area contributed by atoms with Crippen LogP contribution in [-0.4, -0.2) is 32.0 Å². The second kappa shape index (κ2) is 5.01. The molecule has 4 nitrogen and oxygen atoms in total. The fraction of sp³-hybridized carbons (Fsp3) is 0.417. The molecular weight excluding hydrogens is 320 g/mol. The van der Waals surface area contributed by atoms with E-state index < -0.39 is 21.9 Å². The van der Waals surface area contributed by atoms with Gasteiger partial charge in [-0.05, 0) is 31.0 Å². The van der Waals surface area contributed by atoms with Gasteiger partial charge >= 0.3 is 5.97 Å². The Balaban J connectivity index is 2.11. The predicted molar refractivity (Wildman–Crippen MR) is 71.4 cm³/mol. The predicted octanol–water partition coefficient (Wildman–Crippen LogP) is 2.10. The highest BCUT2D eigenvalue weighted by atomic mass is 79.9. The van der Waals surface area contributed by atoms with Gasteiger partial charge in [0, 0.05) is 4.47 Å². The molecule has 0 bridgehead atoms. The van der Waals surface area contributed by atoms with Crippen molar-refractivity contribution in [2.75, 3.05) is 11.5 Å². The van der Waals surface area contributed by atoms with Crippen LogP contribution in [-0.2, 0) is 14.6 Å². The normalized spacial score (nSPS) is 21.8. The van der Waals surface area contributed by atoms with E-state index in [1.54, 1.807) is 6.07 Å². The van der Waals surface area contributed by atoms with Crippen LogP contribution in [0.1, 0.15) is 22.3 Å². The van der Waals surface area contributed by atoms with Crippen LogP contribution in [0.4, 0.5) is 0 Å². The van der Waals surface area contributed by atoms with Gasteiger partial charge in [0.05, 0.1) is 17.1 Å². The summed E-state index contributed by atoms with van der Waals surface area (Å²) in [6.07, 6.45) is -0.123. The maximum Gasteiger partial charge on any atom is 0.338 e. The summed E-state index contributed by atoms with van der Waals surface area (Å²) in [7, 11) is -3.03. The zero-order chi connectivity index (χ0) is 13.3. The fourth-order valence-electron chi connectivity index (χ4n) is 1.88. The monoisotopic (exact) mass is 332 g/mol. The van der Waals surface area contributed by atoms with Crippen LogP contribution < -0.4 is 0 Å². The lowest BCUT2D eigenvalue weighted by molar-refractivity contribution is 0.0355. The van der Waals surface area contributed by atoms with E-state index in [1.807, 2.05) is 19.1 Å². The molecule has 0 saturated carbocycles. The molecular formula is C12H13BrO4S.